The second kappa shape index (κ2) is 13.5. The molecule has 0 bridgehead atoms. The van der Waals surface area contributed by atoms with Gasteiger partial charge in [-0.05, 0) is 106 Å². The molecule has 0 radical (unpaired) electrons. The van der Waals surface area contributed by atoms with E-state index < -0.39 is 0 Å². The van der Waals surface area contributed by atoms with E-state index in [1.54, 1.807) is 24.7 Å². The van der Waals surface area contributed by atoms with Crippen molar-refractivity contribution in [3.8, 4) is 85.0 Å². The minimum atomic E-state index is 0.343. The van der Waals surface area contributed by atoms with Crippen molar-refractivity contribution in [2.75, 3.05) is 0 Å². The molecule has 0 spiro atoms. The van der Waals surface area contributed by atoms with Gasteiger partial charge in [0.25, 0.3) is 0 Å². The number of benzene rings is 2. The normalized spacial score (nSPS) is 10.8. The molecule has 0 atom stereocenters. The van der Waals surface area contributed by atoms with Crippen LogP contribution in [0, 0.1) is 11.3 Å². The fourth-order valence-corrected chi connectivity index (χ4v) is 5.81. The molecule has 0 aliphatic rings. The molecule has 7 nitrogen and oxygen atoms in total. The average molecular weight is 642 g/mol. The molecular weight excluding hydrogens is 615 g/mol. The lowest BCUT2D eigenvalue weighted by Crippen LogP contribution is -1.95. The van der Waals surface area contributed by atoms with E-state index in [0.717, 1.165) is 67.5 Å². The minimum absolute atomic E-state index is 0.343. The monoisotopic (exact) mass is 641 g/mol. The molecule has 0 saturated heterocycles. The van der Waals surface area contributed by atoms with Gasteiger partial charge in [0.1, 0.15) is 11.8 Å². The van der Waals surface area contributed by atoms with Gasteiger partial charge in [0.2, 0.25) is 0 Å². The van der Waals surface area contributed by atoms with Gasteiger partial charge in [0.15, 0.2) is 0 Å². The number of hydrogen-bond acceptors (Lipinski definition) is 7. The van der Waals surface area contributed by atoms with Crippen LogP contribution in [0.5, 0.6) is 0 Å². The van der Waals surface area contributed by atoms with E-state index in [9.17, 15) is 5.26 Å². The van der Waals surface area contributed by atoms with Gasteiger partial charge in [0, 0.05) is 18.6 Å². The largest absolute Gasteiger partial charge is 0.255 e. The Morgan fingerprint density at radius 1 is 0.320 bits per heavy atom. The summed E-state index contributed by atoms with van der Waals surface area (Å²) in [5, 5.41) is 9.43. The second-order valence-electron chi connectivity index (χ2n) is 11.6. The smallest absolute Gasteiger partial charge is 0.141 e. The molecule has 2 aromatic carbocycles. The average Bonchev–Trinajstić information content (AvgIpc) is 3.21. The SMILES string of the molecule is N#Cc1cccc(-c2cc(-c3ccc(-c4ccc(-c5cc(-c6ccccn6)nc(-c6ccccn6)c5)cc4)cc3)cc(-c3ccccn3)n2)n1. The Labute approximate surface area is 289 Å². The zero-order valence-corrected chi connectivity index (χ0v) is 26.7. The summed E-state index contributed by atoms with van der Waals surface area (Å²) in [5.41, 5.74) is 12.7. The summed E-state index contributed by atoms with van der Waals surface area (Å²) >= 11 is 0. The van der Waals surface area contributed by atoms with E-state index in [2.05, 4.69) is 86.7 Å². The maximum Gasteiger partial charge on any atom is 0.141 e. The first-order valence-electron chi connectivity index (χ1n) is 16.1. The topological polar surface area (TPSA) is 101 Å². The number of aromatic nitrogens is 6. The maximum absolute atomic E-state index is 9.43. The van der Waals surface area contributed by atoms with Crippen LogP contribution in [0.15, 0.2) is 164 Å². The van der Waals surface area contributed by atoms with Crippen LogP contribution in [0.1, 0.15) is 5.69 Å². The lowest BCUT2D eigenvalue weighted by Gasteiger charge is -2.11. The first kappa shape index (κ1) is 30.2. The van der Waals surface area contributed by atoms with Crippen molar-refractivity contribution in [3.63, 3.8) is 0 Å². The zero-order chi connectivity index (χ0) is 33.7. The summed E-state index contributed by atoms with van der Waals surface area (Å²) in [6, 6.07) is 50.2. The van der Waals surface area contributed by atoms with Gasteiger partial charge >= 0.3 is 0 Å². The predicted octanol–water partition coefficient (Wildman–Crippen LogP) is 9.60. The number of rotatable bonds is 7. The van der Waals surface area contributed by atoms with E-state index >= 15 is 0 Å². The highest BCUT2D eigenvalue weighted by Gasteiger charge is 2.13. The number of hydrogen-bond donors (Lipinski definition) is 0. The highest BCUT2D eigenvalue weighted by molar-refractivity contribution is 5.79. The van der Waals surface area contributed by atoms with Gasteiger partial charge in [-0.2, -0.15) is 5.26 Å². The molecule has 0 unspecified atom stereocenters. The molecule has 50 heavy (non-hydrogen) atoms. The first-order valence-corrected chi connectivity index (χ1v) is 16.1. The summed E-state index contributed by atoms with van der Waals surface area (Å²) in [4.78, 5) is 27.9. The predicted molar refractivity (Wildman–Crippen MR) is 196 cm³/mol. The van der Waals surface area contributed by atoms with Crippen molar-refractivity contribution in [2.24, 2.45) is 0 Å². The molecule has 7 heteroatoms. The minimum Gasteiger partial charge on any atom is -0.255 e. The van der Waals surface area contributed by atoms with Crippen molar-refractivity contribution in [2.45, 2.75) is 0 Å². The number of nitriles is 1. The third-order valence-electron chi connectivity index (χ3n) is 8.33. The van der Waals surface area contributed by atoms with Gasteiger partial charge in [-0.1, -0.05) is 72.8 Å². The lowest BCUT2D eigenvalue weighted by molar-refractivity contribution is 1.20. The molecule has 6 heterocycles. The highest BCUT2D eigenvalue weighted by atomic mass is 14.8. The highest BCUT2D eigenvalue weighted by Crippen LogP contribution is 2.33. The van der Waals surface area contributed by atoms with Crippen LogP contribution >= 0.6 is 0 Å². The Bertz CT molecular complexity index is 2400. The summed E-state index contributed by atoms with van der Waals surface area (Å²) in [5.74, 6) is 0. The van der Waals surface area contributed by atoms with Gasteiger partial charge in [0.05, 0.1) is 45.6 Å². The molecule has 0 saturated carbocycles. The Morgan fingerprint density at radius 3 is 1.04 bits per heavy atom. The lowest BCUT2D eigenvalue weighted by atomic mass is 9.97. The van der Waals surface area contributed by atoms with Crippen LogP contribution in [0.3, 0.4) is 0 Å². The third kappa shape index (κ3) is 6.37. The van der Waals surface area contributed by atoms with Crippen molar-refractivity contribution >= 4 is 0 Å². The number of pyridine rings is 6. The molecule has 0 N–H and O–H groups in total. The molecule has 8 aromatic rings. The molecule has 0 aliphatic heterocycles. The molecule has 6 aromatic heterocycles. The van der Waals surface area contributed by atoms with E-state index in [0.29, 0.717) is 17.1 Å². The molecule has 0 amide bonds. The maximum atomic E-state index is 9.43. The Hall–Kier alpha value is -7.17. The van der Waals surface area contributed by atoms with E-state index in [1.165, 1.54) is 0 Å². The standard InChI is InChI=1S/C43H27N7/c44-28-35-8-7-12-39(48-35)43-27-34(26-42(50-43)38-11-3-6-23-47-38)32-19-15-30(16-20-32)29-13-17-31(18-14-29)33-24-40(36-9-1-4-21-45-36)49-41(25-33)37-10-2-5-22-46-37/h1-27H. The van der Waals surface area contributed by atoms with Gasteiger partial charge in [-0.25, -0.2) is 15.0 Å². The summed E-state index contributed by atoms with van der Waals surface area (Å²) in [6.45, 7) is 0. The fourth-order valence-electron chi connectivity index (χ4n) is 5.81. The van der Waals surface area contributed by atoms with Crippen LogP contribution in [0.4, 0.5) is 0 Å². The summed E-state index contributed by atoms with van der Waals surface area (Å²) in [6.07, 6.45) is 5.32. The van der Waals surface area contributed by atoms with Crippen LogP contribution in [-0.2, 0) is 0 Å². The third-order valence-corrected chi connectivity index (χ3v) is 8.33. The Morgan fingerprint density at radius 2 is 0.680 bits per heavy atom. The Kier molecular flexibility index (Phi) is 8.16. The van der Waals surface area contributed by atoms with Crippen LogP contribution in [-0.4, -0.2) is 29.9 Å². The van der Waals surface area contributed by atoms with Gasteiger partial charge < -0.3 is 0 Å². The molecular formula is C43H27N7. The van der Waals surface area contributed by atoms with Crippen molar-refractivity contribution in [1.29, 1.82) is 5.26 Å². The Balaban J connectivity index is 1.12. The zero-order valence-electron chi connectivity index (χ0n) is 26.7. The molecule has 234 valence electrons. The van der Waals surface area contributed by atoms with E-state index in [1.807, 2.05) is 78.9 Å². The summed E-state index contributed by atoms with van der Waals surface area (Å²) < 4.78 is 0. The second-order valence-corrected chi connectivity index (χ2v) is 11.6. The van der Waals surface area contributed by atoms with Gasteiger partial charge in [-0.15, -0.1) is 0 Å². The molecule has 8 rings (SSSR count). The molecule has 0 aliphatic carbocycles. The number of nitrogens with zero attached hydrogens (tertiary/aromatic N) is 7. The van der Waals surface area contributed by atoms with Crippen LogP contribution in [0.25, 0.3) is 78.9 Å². The quantitative estimate of drug-likeness (QED) is 0.171. The van der Waals surface area contributed by atoms with Crippen molar-refractivity contribution < 1.29 is 0 Å². The van der Waals surface area contributed by atoms with Crippen LogP contribution in [0.2, 0.25) is 0 Å². The summed E-state index contributed by atoms with van der Waals surface area (Å²) in [7, 11) is 0. The fraction of sp³-hybridized carbons (Fsp3) is 0. The van der Waals surface area contributed by atoms with E-state index in [-0.39, 0.29) is 0 Å². The van der Waals surface area contributed by atoms with Crippen molar-refractivity contribution in [3.05, 3.63) is 170 Å². The van der Waals surface area contributed by atoms with E-state index in [4.69, 9.17) is 9.97 Å². The molecule has 0 fully saturated rings. The first-order chi connectivity index (χ1) is 24.7. The van der Waals surface area contributed by atoms with Crippen LogP contribution < -0.4 is 0 Å². The van der Waals surface area contributed by atoms with Gasteiger partial charge in [-0.3, -0.25) is 15.0 Å². The van der Waals surface area contributed by atoms with Crippen molar-refractivity contribution in [1.82, 2.24) is 29.9 Å².